The Morgan fingerprint density at radius 3 is 2.90 bits per heavy atom. The van der Waals surface area contributed by atoms with Crippen LogP contribution < -0.4 is 5.32 Å². The van der Waals surface area contributed by atoms with Crippen molar-refractivity contribution >= 4 is 42.6 Å². The molecular weight excluding hydrogens is 348 g/mol. The Labute approximate surface area is 136 Å². The van der Waals surface area contributed by atoms with Gasteiger partial charge >= 0.3 is 0 Å². The molecule has 3 rings (SSSR count). The van der Waals surface area contributed by atoms with Crippen molar-refractivity contribution in [1.82, 2.24) is 14.8 Å². The Hall–Kier alpha value is -1.40. The van der Waals surface area contributed by atoms with E-state index >= 15 is 0 Å². The standard InChI is InChI=1S/C15H17BrN4S/c1-10-8-11(2)20(19-10)7-3-6-17-15-18-13-5-4-12(16)9-14(13)21-15/h4-5,8-9H,3,6-7H2,1-2H3,(H,17,18). The summed E-state index contributed by atoms with van der Waals surface area (Å²) in [6.45, 7) is 5.96. The van der Waals surface area contributed by atoms with E-state index in [1.807, 2.05) is 19.1 Å². The van der Waals surface area contributed by atoms with Gasteiger partial charge in [0.1, 0.15) is 0 Å². The van der Waals surface area contributed by atoms with E-state index in [2.05, 4.69) is 55.1 Å². The van der Waals surface area contributed by atoms with Gasteiger partial charge < -0.3 is 5.32 Å². The third-order valence-electron chi connectivity index (χ3n) is 3.28. The average molecular weight is 365 g/mol. The minimum atomic E-state index is 0.902. The van der Waals surface area contributed by atoms with Crippen molar-refractivity contribution < 1.29 is 0 Å². The molecule has 0 bridgehead atoms. The summed E-state index contributed by atoms with van der Waals surface area (Å²) in [6, 6.07) is 8.28. The number of anilines is 1. The van der Waals surface area contributed by atoms with Crippen molar-refractivity contribution in [1.29, 1.82) is 0 Å². The molecule has 0 aliphatic heterocycles. The van der Waals surface area contributed by atoms with E-state index in [1.165, 1.54) is 10.4 Å². The van der Waals surface area contributed by atoms with Crippen LogP contribution in [0.4, 0.5) is 5.13 Å². The Balaban J connectivity index is 1.55. The smallest absolute Gasteiger partial charge is 0.183 e. The number of benzene rings is 1. The molecule has 0 radical (unpaired) electrons. The maximum Gasteiger partial charge on any atom is 0.183 e. The average Bonchev–Trinajstić information content (AvgIpc) is 2.97. The number of nitrogens with one attached hydrogen (secondary N) is 1. The van der Waals surface area contributed by atoms with Crippen LogP contribution in [0.5, 0.6) is 0 Å². The lowest BCUT2D eigenvalue weighted by Crippen LogP contribution is -2.08. The highest BCUT2D eigenvalue weighted by Gasteiger charge is 2.04. The highest BCUT2D eigenvalue weighted by atomic mass is 79.9. The van der Waals surface area contributed by atoms with E-state index in [9.17, 15) is 0 Å². The van der Waals surface area contributed by atoms with Gasteiger partial charge in [-0.05, 0) is 44.5 Å². The molecule has 0 aliphatic carbocycles. The maximum absolute atomic E-state index is 4.58. The lowest BCUT2D eigenvalue weighted by molar-refractivity contribution is 0.573. The maximum atomic E-state index is 4.58. The van der Waals surface area contributed by atoms with Crippen LogP contribution in [-0.4, -0.2) is 21.3 Å². The van der Waals surface area contributed by atoms with Crippen molar-refractivity contribution in [3.63, 3.8) is 0 Å². The van der Waals surface area contributed by atoms with E-state index in [1.54, 1.807) is 11.3 Å². The quantitative estimate of drug-likeness (QED) is 0.683. The zero-order chi connectivity index (χ0) is 14.8. The summed E-state index contributed by atoms with van der Waals surface area (Å²) in [6.07, 6.45) is 1.03. The minimum absolute atomic E-state index is 0.902. The van der Waals surface area contributed by atoms with E-state index in [-0.39, 0.29) is 0 Å². The molecule has 2 aromatic heterocycles. The molecule has 0 atom stereocenters. The molecule has 4 nitrogen and oxygen atoms in total. The summed E-state index contributed by atoms with van der Waals surface area (Å²) >= 11 is 5.18. The summed E-state index contributed by atoms with van der Waals surface area (Å²) in [5.74, 6) is 0. The molecule has 0 spiro atoms. The minimum Gasteiger partial charge on any atom is -0.361 e. The molecule has 0 aliphatic rings. The number of hydrogen-bond acceptors (Lipinski definition) is 4. The third-order valence-corrected chi connectivity index (χ3v) is 4.75. The van der Waals surface area contributed by atoms with Crippen molar-refractivity contribution in [2.45, 2.75) is 26.8 Å². The first kappa shape index (κ1) is 14.5. The molecule has 0 unspecified atom stereocenters. The first-order chi connectivity index (χ1) is 10.1. The topological polar surface area (TPSA) is 42.7 Å². The van der Waals surface area contributed by atoms with Crippen LogP contribution in [0.1, 0.15) is 17.8 Å². The highest BCUT2D eigenvalue weighted by Crippen LogP contribution is 2.28. The first-order valence-electron chi connectivity index (χ1n) is 6.93. The summed E-state index contributed by atoms with van der Waals surface area (Å²) in [5, 5.41) is 8.85. The van der Waals surface area contributed by atoms with Gasteiger partial charge in [-0.3, -0.25) is 4.68 Å². The van der Waals surface area contributed by atoms with Gasteiger partial charge in [-0.2, -0.15) is 5.10 Å². The first-order valence-corrected chi connectivity index (χ1v) is 8.54. The number of hydrogen-bond donors (Lipinski definition) is 1. The predicted molar refractivity (Wildman–Crippen MR) is 92.1 cm³/mol. The number of aromatic nitrogens is 3. The third kappa shape index (κ3) is 3.44. The summed E-state index contributed by atoms with van der Waals surface area (Å²) in [4.78, 5) is 4.58. The normalized spacial score (nSPS) is 11.2. The zero-order valence-corrected chi connectivity index (χ0v) is 14.5. The molecule has 3 aromatic rings. The van der Waals surface area contributed by atoms with Crippen molar-refractivity contribution in [2.75, 3.05) is 11.9 Å². The Morgan fingerprint density at radius 2 is 2.14 bits per heavy atom. The molecule has 110 valence electrons. The van der Waals surface area contributed by atoms with Crippen LogP contribution in [0.15, 0.2) is 28.7 Å². The molecule has 0 saturated heterocycles. The summed E-state index contributed by atoms with van der Waals surface area (Å²) in [7, 11) is 0. The molecule has 6 heteroatoms. The fraction of sp³-hybridized carbons (Fsp3) is 0.333. The Bertz CT molecular complexity index is 762. The molecule has 2 heterocycles. The van der Waals surface area contributed by atoms with Crippen LogP contribution in [0, 0.1) is 13.8 Å². The van der Waals surface area contributed by atoms with E-state index < -0.39 is 0 Å². The second-order valence-electron chi connectivity index (χ2n) is 5.06. The molecule has 1 aromatic carbocycles. The summed E-state index contributed by atoms with van der Waals surface area (Å²) < 4.78 is 4.35. The van der Waals surface area contributed by atoms with Gasteiger partial charge in [-0.1, -0.05) is 27.3 Å². The molecule has 1 N–H and O–H groups in total. The SMILES string of the molecule is Cc1cc(C)n(CCCNc2nc3ccc(Br)cc3s2)n1. The zero-order valence-electron chi connectivity index (χ0n) is 12.1. The van der Waals surface area contributed by atoms with Crippen LogP contribution >= 0.6 is 27.3 Å². The fourth-order valence-corrected chi connectivity index (χ4v) is 3.74. The molecule has 0 saturated carbocycles. The Kier molecular flexibility index (Phi) is 4.26. The lowest BCUT2D eigenvalue weighted by Gasteiger charge is -2.05. The molecule has 0 amide bonds. The van der Waals surface area contributed by atoms with Gasteiger partial charge in [-0.25, -0.2) is 4.98 Å². The fourth-order valence-electron chi connectivity index (χ4n) is 2.30. The molecular formula is C15H17BrN4S. The number of aryl methyl sites for hydroxylation is 3. The van der Waals surface area contributed by atoms with Crippen LogP contribution in [-0.2, 0) is 6.54 Å². The second kappa shape index (κ2) is 6.15. The van der Waals surface area contributed by atoms with E-state index in [4.69, 9.17) is 0 Å². The van der Waals surface area contributed by atoms with Gasteiger partial charge in [0.25, 0.3) is 0 Å². The van der Waals surface area contributed by atoms with Crippen molar-refractivity contribution in [3.05, 3.63) is 40.1 Å². The largest absolute Gasteiger partial charge is 0.361 e. The number of thiazole rings is 1. The van der Waals surface area contributed by atoms with Crippen molar-refractivity contribution in [2.24, 2.45) is 0 Å². The van der Waals surface area contributed by atoms with Crippen LogP contribution in [0.3, 0.4) is 0 Å². The number of nitrogens with zero attached hydrogens (tertiary/aromatic N) is 3. The second-order valence-corrected chi connectivity index (χ2v) is 7.01. The monoisotopic (exact) mass is 364 g/mol. The predicted octanol–water partition coefficient (Wildman–Crippen LogP) is 4.37. The lowest BCUT2D eigenvalue weighted by atomic mass is 10.3. The summed E-state index contributed by atoms with van der Waals surface area (Å²) in [5.41, 5.74) is 3.35. The number of fused-ring (bicyclic) bond motifs is 1. The van der Waals surface area contributed by atoms with Gasteiger partial charge in [0, 0.05) is 23.3 Å². The van der Waals surface area contributed by atoms with Crippen molar-refractivity contribution in [3.8, 4) is 0 Å². The van der Waals surface area contributed by atoms with Gasteiger partial charge in [0.2, 0.25) is 0 Å². The van der Waals surface area contributed by atoms with Crippen LogP contribution in [0.2, 0.25) is 0 Å². The van der Waals surface area contributed by atoms with Gasteiger partial charge in [0.15, 0.2) is 5.13 Å². The highest BCUT2D eigenvalue weighted by molar-refractivity contribution is 9.10. The van der Waals surface area contributed by atoms with E-state index in [0.717, 1.165) is 40.3 Å². The van der Waals surface area contributed by atoms with Gasteiger partial charge in [0.05, 0.1) is 15.9 Å². The number of halogens is 1. The number of rotatable bonds is 5. The molecule has 21 heavy (non-hydrogen) atoms. The van der Waals surface area contributed by atoms with E-state index in [0.29, 0.717) is 0 Å². The van der Waals surface area contributed by atoms with Crippen LogP contribution in [0.25, 0.3) is 10.2 Å². The van der Waals surface area contributed by atoms with Gasteiger partial charge in [-0.15, -0.1) is 0 Å². The Morgan fingerprint density at radius 1 is 1.29 bits per heavy atom. The molecule has 0 fully saturated rings.